The van der Waals surface area contributed by atoms with Crippen molar-refractivity contribution in [1.82, 2.24) is 0 Å². The summed E-state index contributed by atoms with van der Waals surface area (Å²) in [5, 5.41) is 10.6. The normalized spacial score (nSPS) is 14.5. The van der Waals surface area contributed by atoms with Crippen LogP contribution in [-0.2, 0) is 65.4 Å². The zero-order chi connectivity index (χ0) is 67.3. The first-order valence-corrected chi connectivity index (χ1v) is 40.4. The molecule has 17 nitrogen and oxygen atoms in total. The summed E-state index contributed by atoms with van der Waals surface area (Å²) in [5.41, 5.74) is 0. The minimum Gasteiger partial charge on any atom is -0.462 e. The fourth-order valence-electron chi connectivity index (χ4n) is 10.9. The van der Waals surface area contributed by atoms with Gasteiger partial charge in [0, 0.05) is 25.7 Å². The summed E-state index contributed by atoms with van der Waals surface area (Å²) in [7, 11) is -9.90. The van der Waals surface area contributed by atoms with Crippen LogP contribution in [0, 0.1) is 17.8 Å². The average molecular weight is 1340 g/mol. The number of rotatable bonds is 70. The molecule has 0 rings (SSSR count). The first-order valence-electron chi connectivity index (χ1n) is 37.4. The molecule has 0 aliphatic rings. The summed E-state index contributed by atoms with van der Waals surface area (Å²) in [5.74, 6) is 0.108. The molecule has 0 amide bonds. The molecule has 0 aliphatic carbocycles. The third kappa shape index (κ3) is 65.1. The van der Waals surface area contributed by atoms with Crippen LogP contribution < -0.4 is 0 Å². The van der Waals surface area contributed by atoms with E-state index in [2.05, 4.69) is 48.5 Å². The molecule has 540 valence electrons. The standard InChI is InChI=1S/C72H140O17P2/c1-8-10-11-12-13-14-15-16-17-18-19-20-25-33-41-48-55-71(76)88-67(59-82-69(74)53-46-39-32-24-22-21-23-31-38-45-52-65(7)9-2)61-86-90(78,79)84-57-66(73)58-85-91(80,81)87-62-68(60-83-70(75)54-47-40-35-28-30-37-44-51-64(5)6)89-72(77)56-49-42-34-27-26-29-36-43-50-63(3)4/h63-68,73H,8-62H2,1-7H3,(H,78,79)(H,80,81)/t65?,66-,67-,68-/m1/s1. The molecule has 19 heteroatoms. The Labute approximate surface area is 556 Å². The van der Waals surface area contributed by atoms with Crippen molar-refractivity contribution >= 4 is 39.5 Å². The molecule has 91 heavy (non-hydrogen) atoms. The van der Waals surface area contributed by atoms with E-state index in [1.54, 1.807) is 0 Å². The number of esters is 4. The van der Waals surface area contributed by atoms with E-state index < -0.39 is 97.5 Å². The average Bonchev–Trinajstić information content (AvgIpc) is 3.72. The van der Waals surface area contributed by atoms with E-state index >= 15 is 0 Å². The van der Waals surface area contributed by atoms with Gasteiger partial charge in [-0.25, -0.2) is 9.13 Å². The van der Waals surface area contributed by atoms with Gasteiger partial charge in [0.15, 0.2) is 12.2 Å². The molecule has 0 aromatic carbocycles. The minimum absolute atomic E-state index is 0.104. The number of hydrogen-bond acceptors (Lipinski definition) is 15. The number of ether oxygens (including phenoxy) is 4. The lowest BCUT2D eigenvalue weighted by Crippen LogP contribution is -2.30. The van der Waals surface area contributed by atoms with Gasteiger partial charge >= 0.3 is 39.5 Å². The van der Waals surface area contributed by atoms with Crippen LogP contribution in [0.15, 0.2) is 0 Å². The van der Waals surface area contributed by atoms with Gasteiger partial charge in [-0.3, -0.25) is 37.3 Å². The lowest BCUT2D eigenvalue weighted by molar-refractivity contribution is -0.161. The van der Waals surface area contributed by atoms with Crippen molar-refractivity contribution in [1.29, 1.82) is 0 Å². The van der Waals surface area contributed by atoms with Gasteiger partial charge in [0.05, 0.1) is 26.4 Å². The molecule has 0 saturated carbocycles. The maximum atomic E-state index is 13.0. The van der Waals surface area contributed by atoms with Gasteiger partial charge in [-0.05, 0) is 43.4 Å². The van der Waals surface area contributed by atoms with E-state index in [1.807, 2.05) is 0 Å². The number of hydrogen-bond donors (Lipinski definition) is 3. The summed E-state index contributed by atoms with van der Waals surface area (Å²) in [6, 6.07) is 0. The smallest absolute Gasteiger partial charge is 0.462 e. The van der Waals surface area contributed by atoms with Gasteiger partial charge in [0.2, 0.25) is 0 Å². The highest BCUT2D eigenvalue weighted by molar-refractivity contribution is 7.47. The van der Waals surface area contributed by atoms with E-state index in [4.69, 9.17) is 37.0 Å². The third-order valence-electron chi connectivity index (χ3n) is 17.0. The molecule has 3 unspecified atom stereocenters. The Morgan fingerprint density at radius 3 is 0.835 bits per heavy atom. The Morgan fingerprint density at radius 2 is 0.560 bits per heavy atom. The Bertz CT molecular complexity index is 1790. The van der Waals surface area contributed by atoms with E-state index in [0.29, 0.717) is 31.6 Å². The predicted molar refractivity (Wildman–Crippen MR) is 368 cm³/mol. The van der Waals surface area contributed by atoms with Crippen LogP contribution in [-0.4, -0.2) is 96.7 Å². The fourth-order valence-corrected chi connectivity index (χ4v) is 12.4. The van der Waals surface area contributed by atoms with E-state index in [0.717, 1.165) is 108 Å². The monoisotopic (exact) mass is 1340 g/mol. The maximum absolute atomic E-state index is 13.0. The van der Waals surface area contributed by atoms with Gasteiger partial charge in [-0.15, -0.1) is 0 Å². The van der Waals surface area contributed by atoms with Crippen LogP contribution in [0.2, 0.25) is 0 Å². The molecule has 0 aromatic rings. The Balaban J connectivity index is 5.25. The highest BCUT2D eigenvalue weighted by Crippen LogP contribution is 2.45. The molecular formula is C72H140O17P2. The zero-order valence-corrected chi connectivity index (χ0v) is 61.1. The van der Waals surface area contributed by atoms with Crippen LogP contribution in [0.5, 0.6) is 0 Å². The zero-order valence-electron chi connectivity index (χ0n) is 59.3. The number of carbonyl (C=O) groups excluding carboxylic acids is 4. The minimum atomic E-state index is -4.95. The number of phosphoric ester groups is 2. The second kappa shape index (κ2) is 62.8. The number of phosphoric acid groups is 2. The van der Waals surface area contributed by atoms with Gasteiger partial charge in [-0.1, -0.05) is 312 Å². The largest absolute Gasteiger partial charge is 0.472 e. The third-order valence-corrected chi connectivity index (χ3v) is 18.9. The highest BCUT2D eigenvalue weighted by atomic mass is 31.2. The van der Waals surface area contributed by atoms with E-state index in [-0.39, 0.29) is 25.7 Å². The Hall–Kier alpha value is -1.94. The van der Waals surface area contributed by atoms with Crippen molar-refractivity contribution in [2.45, 2.75) is 381 Å². The van der Waals surface area contributed by atoms with Crippen molar-refractivity contribution in [2.75, 3.05) is 39.6 Å². The van der Waals surface area contributed by atoms with Crippen LogP contribution in [0.1, 0.15) is 363 Å². The summed E-state index contributed by atoms with van der Waals surface area (Å²) in [6.07, 6.45) is 47.2. The lowest BCUT2D eigenvalue weighted by Gasteiger charge is -2.21. The van der Waals surface area contributed by atoms with E-state index in [9.17, 15) is 43.2 Å². The van der Waals surface area contributed by atoms with Crippen LogP contribution in [0.25, 0.3) is 0 Å². The Kier molecular flexibility index (Phi) is 61.5. The van der Waals surface area contributed by atoms with Crippen LogP contribution in [0.4, 0.5) is 0 Å². The second-order valence-corrected chi connectivity index (χ2v) is 30.1. The summed E-state index contributed by atoms with van der Waals surface area (Å²) < 4.78 is 68.4. The van der Waals surface area contributed by atoms with Crippen molar-refractivity contribution in [3.8, 4) is 0 Å². The number of aliphatic hydroxyl groups is 1. The molecule has 0 aliphatic heterocycles. The van der Waals surface area contributed by atoms with E-state index in [1.165, 1.54) is 167 Å². The summed E-state index contributed by atoms with van der Waals surface area (Å²) in [6.45, 7) is 11.8. The first kappa shape index (κ1) is 89.1. The molecule has 0 spiro atoms. The van der Waals surface area contributed by atoms with Gasteiger partial charge in [-0.2, -0.15) is 0 Å². The molecule has 0 aromatic heterocycles. The molecule has 0 fully saturated rings. The summed E-state index contributed by atoms with van der Waals surface area (Å²) in [4.78, 5) is 72.6. The number of unbranched alkanes of at least 4 members (excludes halogenated alkanes) is 37. The molecule has 0 radical (unpaired) electrons. The lowest BCUT2D eigenvalue weighted by atomic mass is 9.99. The van der Waals surface area contributed by atoms with Gasteiger partial charge in [0.25, 0.3) is 0 Å². The van der Waals surface area contributed by atoms with Crippen LogP contribution in [0.3, 0.4) is 0 Å². The molecular weight excluding hydrogens is 1200 g/mol. The quantitative estimate of drug-likeness (QED) is 0.0222. The fraction of sp³-hybridized carbons (Fsp3) is 0.944. The van der Waals surface area contributed by atoms with Gasteiger partial charge in [0.1, 0.15) is 19.3 Å². The first-order chi connectivity index (χ1) is 43.8. The predicted octanol–water partition coefficient (Wildman–Crippen LogP) is 20.6. The van der Waals surface area contributed by atoms with Crippen molar-refractivity contribution in [3.63, 3.8) is 0 Å². The SMILES string of the molecule is CCCCCCCCCCCCCCCCCCC(=O)O[C@H](COC(=O)CCCCCCCCCCCCC(C)CC)COP(=O)(O)OC[C@@H](O)COP(=O)(O)OC[C@@H](COC(=O)CCCCCCCCCC(C)C)OC(=O)CCCCCCCCCCC(C)C. The number of carbonyl (C=O) groups is 4. The van der Waals surface area contributed by atoms with Crippen molar-refractivity contribution in [2.24, 2.45) is 17.8 Å². The molecule has 6 atom stereocenters. The van der Waals surface area contributed by atoms with Crippen molar-refractivity contribution in [3.05, 3.63) is 0 Å². The number of aliphatic hydroxyl groups excluding tert-OH is 1. The van der Waals surface area contributed by atoms with Gasteiger partial charge < -0.3 is 33.8 Å². The molecule has 0 bridgehead atoms. The van der Waals surface area contributed by atoms with Crippen molar-refractivity contribution < 1.29 is 80.2 Å². The Morgan fingerprint density at radius 1 is 0.319 bits per heavy atom. The highest BCUT2D eigenvalue weighted by Gasteiger charge is 2.30. The van der Waals surface area contributed by atoms with Crippen LogP contribution >= 0.6 is 15.6 Å². The molecule has 0 saturated heterocycles. The molecule has 0 heterocycles. The summed E-state index contributed by atoms with van der Waals surface area (Å²) >= 11 is 0. The topological polar surface area (TPSA) is 237 Å². The maximum Gasteiger partial charge on any atom is 0.472 e. The molecule has 3 N–H and O–H groups in total. The second-order valence-electron chi connectivity index (χ2n) is 27.2.